The number of nitrogens with zero attached hydrogens (tertiary/aromatic N) is 2. The maximum atomic E-state index is 13.8. The van der Waals surface area contributed by atoms with Gasteiger partial charge in [-0.25, -0.2) is 9.37 Å². The summed E-state index contributed by atoms with van der Waals surface area (Å²) in [6.07, 6.45) is 2.38. The molecular formula is C12H13FN2. The number of fused-ring (bicyclic) bond motifs is 1. The number of hydrogen-bond donors (Lipinski definition) is 0. The summed E-state index contributed by atoms with van der Waals surface area (Å²) in [5.41, 5.74) is 2.10. The molecule has 3 heteroatoms. The first-order valence-electron chi connectivity index (χ1n) is 5.30. The van der Waals surface area contributed by atoms with Gasteiger partial charge in [0.05, 0.1) is 5.52 Å². The molecule has 3 rings (SSSR count). The summed E-state index contributed by atoms with van der Waals surface area (Å²) >= 11 is 0. The van der Waals surface area contributed by atoms with Gasteiger partial charge in [0.15, 0.2) is 5.82 Å². The molecule has 78 valence electrons. The van der Waals surface area contributed by atoms with Crippen LogP contribution < -0.4 is 0 Å². The van der Waals surface area contributed by atoms with Crippen molar-refractivity contribution in [2.75, 3.05) is 0 Å². The molecule has 0 atom stereocenters. The Bertz CT molecular complexity index is 538. The summed E-state index contributed by atoms with van der Waals surface area (Å²) in [5, 5.41) is 0. The van der Waals surface area contributed by atoms with E-state index in [0.717, 1.165) is 11.3 Å². The van der Waals surface area contributed by atoms with Crippen LogP contribution >= 0.6 is 0 Å². The summed E-state index contributed by atoms with van der Waals surface area (Å²) in [5.74, 6) is 1.42. The van der Waals surface area contributed by atoms with Gasteiger partial charge in [-0.05, 0) is 31.4 Å². The Hall–Kier alpha value is -1.38. The highest BCUT2D eigenvalue weighted by Crippen LogP contribution is 2.40. The molecule has 0 bridgehead atoms. The number of hydrogen-bond acceptors (Lipinski definition) is 1. The van der Waals surface area contributed by atoms with Crippen LogP contribution in [0.5, 0.6) is 0 Å². The Labute approximate surface area is 87.7 Å². The molecule has 1 aromatic heterocycles. The number of aryl methyl sites for hydroxylation is 2. The fraction of sp³-hybridized carbons (Fsp3) is 0.417. The fourth-order valence-electron chi connectivity index (χ4n) is 2.05. The molecule has 0 unspecified atom stereocenters. The molecule has 0 aliphatic heterocycles. The van der Waals surface area contributed by atoms with Crippen molar-refractivity contribution < 1.29 is 4.39 Å². The molecule has 1 heterocycles. The molecule has 0 radical (unpaired) electrons. The predicted molar refractivity (Wildman–Crippen MR) is 57.4 cm³/mol. The number of halogens is 1. The smallest absolute Gasteiger partial charge is 0.153 e. The second-order valence-electron chi connectivity index (χ2n) is 4.37. The van der Waals surface area contributed by atoms with Crippen LogP contribution in [-0.2, 0) is 7.05 Å². The maximum absolute atomic E-state index is 13.8. The molecule has 0 saturated heterocycles. The fourth-order valence-corrected chi connectivity index (χ4v) is 2.05. The van der Waals surface area contributed by atoms with Gasteiger partial charge in [0.1, 0.15) is 11.3 Å². The van der Waals surface area contributed by atoms with Gasteiger partial charge in [-0.2, -0.15) is 0 Å². The number of benzene rings is 1. The van der Waals surface area contributed by atoms with Crippen LogP contribution in [0.4, 0.5) is 4.39 Å². The minimum absolute atomic E-state index is 0.171. The van der Waals surface area contributed by atoms with E-state index in [1.807, 2.05) is 23.7 Å². The van der Waals surface area contributed by atoms with Crippen molar-refractivity contribution in [1.82, 2.24) is 9.55 Å². The lowest BCUT2D eigenvalue weighted by Gasteiger charge is -1.99. The van der Waals surface area contributed by atoms with Crippen molar-refractivity contribution in [1.29, 1.82) is 0 Å². The summed E-state index contributed by atoms with van der Waals surface area (Å²) < 4.78 is 15.8. The molecule has 1 saturated carbocycles. The van der Waals surface area contributed by atoms with Gasteiger partial charge in [-0.1, -0.05) is 6.07 Å². The van der Waals surface area contributed by atoms with E-state index in [9.17, 15) is 4.39 Å². The molecule has 2 nitrogen and oxygen atoms in total. The standard InChI is InChI=1S/C12H13FN2/c1-7-3-6-9-11(10(7)13)14-12(15(9)2)8-4-5-8/h3,6,8H,4-5H2,1-2H3. The van der Waals surface area contributed by atoms with Crippen LogP contribution in [0.25, 0.3) is 11.0 Å². The molecule has 15 heavy (non-hydrogen) atoms. The van der Waals surface area contributed by atoms with E-state index in [4.69, 9.17) is 0 Å². The van der Waals surface area contributed by atoms with Crippen LogP contribution in [0.3, 0.4) is 0 Å². The van der Waals surface area contributed by atoms with E-state index in [-0.39, 0.29) is 5.82 Å². The van der Waals surface area contributed by atoms with E-state index in [1.165, 1.54) is 12.8 Å². The van der Waals surface area contributed by atoms with Crippen molar-refractivity contribution in [3.8, 4) is 0 Å². The van der Waals surface area contributed by atoms with Crippen molar-refractivity contribution in [2.24, 2.45) is 7.05 Å². The third-order valence-corrected chi connectivity index (χ3v) is 3.16. The average Bonchev–Trinajstić information content (AvgIpc) is 2.99. The van der Waals surface area contributed by atoms with E-state index in [0.29, 0.717) is 17.0 Å². The maximum Gasteiger partial charge on any atom is 0.153 e. The first-order chi connectivity index (χ1) is 7.18. The lowest BCUT2D eigenvalue weighted by Crippen LogP contribution is -1.94. The zero-order valence-corrected chi connectivity index (χ0v) is 8.92. The van der Waals surface area contributed by atoms with Crippen molar-refractivity contribution >= 4 is 11.0 Å². The van der Waals surface area contributed by atoms with Gasteiger partial charge in [-0.3, -0.25) is 0 Å². The summed E-state index contributed by atoms with van der Waals surface area (Å²) in [6.45, 7) is 1.78. The van der Waals surface area contributed by atoms with Crippen LogP contribution in [0.1, 0.15) is 30.1 Å². The summed E-state index contributed by atoms with van der Waals surface area (Å²) in [6, 6.07) is 3.77. The van der Waals surface area contributed by atoms with Crippen LogP contribution in [-0.4, -0.2) is 9.55 Å². The van der Waals surface area contributed by atoms with Gasteiger partial charge in [-0.15, -0.1) is 0 Å². The second-order valence-corrected chi connectivity index (χ2v) is 4.37. The minimum atomic E-state index is -0.171. The summed E-state index contributed by atoms with van der Waals surface area (Å²) in [4.78, 5) is 4.42. The Balaban J connectivity index is 2.34. The Kier molecular flexibility index (Phi) is 1.67. The van der Waals surface area contributed by atoms with Gasteiger partial charge in [0.25, 0.3) is 0 Å². The monoisotopic (exact) mass is 204 g/mol. The van der Waals surface area contributed by atoms with E-state index in [1.54, 1.807) is 6.92 Å². The van der Waals surface area contributed by atoms with Crippen molar-refractivity contribution in [3.63, 3.8) is 0 Å². The van der Waals surface area contributed by atoms with E-state index < -0.39 is 0 Å². The highest BCUT2D eigenvalue weighted by atomic mass is 19.1. The molecule has 2 aromatic rings. The van der Waals surface area contributed by atoms with E-state index in [2.05, 4.69) is 4.98 Å². The molecule has 1 aromatic carbocycles. The molecule has 0 N–H and O–H groups in total. The molecular weight excluding hydrogens is 191 g/mol. The Morgan fingerprint density at radius 1 is 1.40 bits per heavy atom. The Morgan fingerprint density at radius 2 is 2.13 bits per heavy atom. The van der Waals surface area contributed by atoms with Gasteiger partial charge < -0.3 is 4.57 Å². The third kappa shape index (κ3) is 1.19. The predicted octanol–water partition coefficient (Wildman–Crippen LogP) is 2.90. The summed E-state index contributed by atoms with van der Waals surface area (Å²) in [7, 11) is 1.97. The average molecular weight is 204 g/mol. The highest BCUT2D eigenvalue weighted by Gasteiger charge is 2.29. The third-order valence-electron chi connectivity index (χ3n) is 3.16. The first kappa shape index (κ1) is 8.89. The quantitative estimate of drug-likeness (QED) is 0.698. The van der Waals surface area contributed by atoms with Crippen LogP contribution in [0, 0.1) is 12.7 Å². The van der Waals surface area contributed by atoms with Crippen LogP contribution in [0.2, 0.25) is 0 Å². The molecule has 1 aliphatic carbocycles. The molecule has 0 amide bonds. The molecule has 1 fully saturated rings. The number of aromatic nitrogens is 2. The molecule has 1 aliphatic rings. The van der Waals surface area contributed by atoms with Gasteiger partial charge >= 0.3 is 0 Å². The van der Waals surface area contributed by atoms with E-state index >= 15 is 0 Å². The normalized spacial score (nSPS) is 16.2. The number of rotatable bonds is 1. The largest absolute Gasteiger partial charge is 0.331 e. The SMILES string of the molecule is Cc1ccc2c(nc(C3CC3)n2C)c1F. The van der Waals surface area contributed by atoms with Crippen LogP contribution in [0.15, 0.2) is 12.1 Å². The lowest BCUT2D eigenvalue weighted by molar-refractivity contribution is 0.628. The zero-order valence-electron chi connectivity index (χ0n) is 8.92. The number of imidazole rings is 1. The second kappa shape index (κ2) is 2.81. The first-order valence-corrected chi connectivity index (χ1v) is 5.30. The topological polar surface area (TPSA) is 17.8 Å². The Morgan fingerprint density at radius 3 is 2.80 bits per heavy atom. The molecule has 0 spiro atoms. The van der Waals surface area contributed by atoms with Gasteiger partial charge in [0.2, 0.25) is 0 Å². The zero-order chi connectivity index (χ0) is 10.6. The van der Waals surface area contributed by atoms with Gasteiger partial charge in [0, 0.05) is 13.0 Å². The lowest BCUT2D eigenvalue weighted by atomic mass is 10.2. The van der Waals surface area contributed by atoms with Crippen molar-refractivity contribution in [2.45, 2.75) is 25.7 Å². The van der Waals surface area contributed by atoms with Crippen molar-refractivity contribution in [3.05, 3.63) is 29.3 Å². The minimum Gasteiger partial charge on any atom is -0.331 e. The highest BCUT2D eigenvalue weighted by molar-refractivity contribution is 5.77.